The molecular weight excluding hydrogens is 222 g/mol. The van der Waals surface area contributed by atoms with Crippen LogP contribution in [0.3, 0.4) is 0 Å². The smallest absolute Gasteiger partial charge is 0.116 e. The van der Waals surface area contributed by atoms with Gasteiger partial charge in [0.25, 0.3) is 0 Å². The van der Waals surface area contributed by atoms with Gasteiger partial charge in [-0.05, 0) is 62.4 Å². The molecule has 0 atom stereocenters. The standard InChI is InChI=1S/C16H23NO/c1-11-9-12(18)10-13-14(11)15(2,3)17-16(13)7-5-4-6-8-16/h9-10,17-18H,4-8H2,1-3H3. The summed E-state index contributed by atoms with van der Waals surface area (Å²) < 4.78 is 0. The maximum absolute atomic E-state index is 9.93. The number of phenols is 1. The number of rotatable bonds is 0. The van der Waals surface area contributed by atoms with Gasteiger partial charge in [-0.15, -0.1) is 0 Å². The SMILES string of the molecule is Cc1cc(O)cc2c1C(C)(C)NC21CCCCC1. The Morgan fingerprint density at radius 3 is 2.44 bits per heavy atom. The number of fused-ring (bicyclic) bond motifs is 2. The number of nitrogens with one attached hydrogen (secondary N) is 1. The molecule has 98 valence electrons. The van der Waals surface area contributed by atoms with Crippen LogP contribution in [0.5, 0.6) is 5.75 Å². The lowest BCUT2D eigenvalue weighted by Crippen LogP contribution is -2.45. The largest absolute Gasteiger partial charge is 0.508 e. The second-order valence-corrected chi connectivity index (χ2v) is 6.58. The Balaban J connectivity index is 2.20. The first-order valence-electron chi connectivity index (χ1n) is 7.09. The average Bonchev–Trinajstić information content (AvgIpc) is 2.47. The van der Waals surface area contributed by atoms with Crippen molar-refractivity contribution in [3.8, 4) is 5.75 Å². The van der Waals surface area contributed by atoms with E-state index in [0.717, 1.165) is 0 Å². The molecule has 2 N–H and O–H groups in total. The Morgan fingerprint density at radius 1 is 1.11 bits per heavy atom. The summed E-state index contributed by atoms with van der Waals surface area (Å²) in [5, 5.41) is 13.8. The number of benzene rings is 1. The number of aryl methyl sites for hydroxylation is 1. The first-order chi connectivity index (χ1) is 8.45. The van der Waals surface area contributed by atoms with Gasteiger partial charge in [-0.1, -0.05) is 19.3 Å². The Hall–Kier alpha value is -1.02. The van der Waals surface area contributed by atoms with Gasteiger partial charge in [0.1, 0.15) is 5.75 Å². The fraction of sp³-hybridized carbons (Fsp3) is 0.625. The van der Waals surface area contributed by atoms with Gasteiger partial charge < -0.3 is 5.11 Å². The van der Waals surface area contributed by atoms with Crippen molar-refractivity contribution in [3.05, 3.63) is 28.8 Å². The molecule has 1 aromatic carbocycles. The summed E-state index contributed by atoms with van der Waals surface area (Å²) in [6.07, 6.45) is 6.32. The van der Waals surface area contributed by atoms with Crippen LogP contribution < -0.4 is 5.32 Å². The van der Waals surface area contributed by atoms with E-state index in [0.29, 0.717) is 5.75 Å². The van der Waals surface area contributed by atoms with Crippen LogP contribution in [0, 0.1) is 6.92 Å². The Labute approximate surface area is 109 Å². The number of phenolic OH excluding ortho intramolecular Hbond substituents is 1. The van der Waals surface area contributed by atoms with Crippen LogP contribution >= 0.6 is 0 Å². The Bertz CT molecular complexity index is 484. The molecule has 1 heterocycles. The van der Waals surface area contributed by atoms with E-state index < -0.39 is 0 Å². The van der Waals surface area contributed by atoms with Gasteiger partial charge in [-0.25, -0.2) is 0 Å². The molecule has 3 rings (SSSR count). The monoisotopic (exact) mass is 245 g/mol. The van der Waals surface area contributed by atoms with E-state index in [4.69, 9.17) is 0 Å². The van der Waals surface area contributed by atoms with Crippen molar-refractivity contribution >= 4 is 0 Å². The molecule has 1 spiro atoms. The van der Waals surface area contributed by atoms with E-state index in [1.165, 1.54) is 48.8 Å². The van der Waals surface area contributed by atoms with Gasteiger partial charge in [0.15, 0.2) is 0 Å². The molecule has 2 nitrogen and oxygen atoms in total. The third-order valence-corrected chi connectivity index (χ3v) is 4.72. The van der Waals surface area contributed by atoms with Crippen molar-refractivity contribution in [1.82, 2.24) is 5.32 Å². The van der Waals surface area contributed by atoms with Crippen molar-refractivity contribution in [2.24, 2.45) is 0 Å². The van der Waals surface area contributed by atoms with Gasteiger partial charge in [-0.3, -0.25) is 5.32 Å². The molecule has 1 aliphatic carbocycles. The van der Waals surface area contributed by atoms with E-state index in [1.807, 2.05) is 12.1 Å². The summed E-state index contributed by atoms with van der Waals surface area (Å²) >= 11 is 0. The molecule has 0 aromatic heterocycles. The summed E-state index contributed by atoms with van der Waals surface area (Å²) in [7, 11) is 0. The maximum Gasteiger partial charge on any atom is 0.116 e. The topological polar surface area (TPSA) is 32.3 Å². The molecule has 2 heteroatoms. The quantitative estimate of drug-likeness (QED) is 0.730. The summed E-state index contributed by atoms with van der Waals surface area (Å²) in [4.78, 5) is 0. The van der Waals surface area contributed by atoms with Crippen LogP contribution in [0.15, 0.2) is 12.1 Å². The highest BCUT2D eigenvalue weighted by Gasteiger charge is 2.48. The van der Waals surface area contributed by atoms with Crippen LogP contribution in [-0.2, 0) is 11.1 Å². The highest BCUT2D eigenvalue weighted by molar-refractivity contribution is 5.52. The van der Waals surface area contributed by atoms with Crippen LogP contribution in [0.4, 0.5) is 0 Å². The highest BCUT2D eigenvalue weighted by atomic mass is 16.3. The lowest BCUT2D eigenvalue weighted by Gasteiger charge is -2.37. The van der Waals surface area contributed by atoms with E-state index in [-0.39, 0.29) is 11.1 Å². The number of hydrogen-bond donors (Lipinski definition) is 2. The van der Waals surface area contributed by atoms with Gasteiger partial charge >= 0.3 is 0 Å². The van der Waals surface area contributed by atoms with E-state index >= 15 is 0 Å². The molecule has 0 unspecified atom stereocenters. The molecule has 1 fully saturated rings. The van der Waals surface area contributed by atoms with Crippen molar-refractivity contribution in [1.29, 1.82) is 0 Å². The second-order valence-electron chi connectivity index (χ2n) is 6.58. The van der Waals surface area contributed by atoms with Crippen LogP contribution in [0.1, 0.15) is 62.6 Å². The maximum atomic E-state index is 9.93. The molecule has 18 heavy (non-hydrogen) atoms. The van der Waals surface area contributed by atoms with E-state index in [9.17, 15) is 5.11 Å². The average molecular weight is 245 g/mol. The predicted octanol–water partition coefficient (Wildman–Crippen LogP) is 3.70. The first kappa shape index (κ1) is 12.0. The third kappa shape index (κ3) is 1.58. The Kier molecular flexibility index (Phi) is 2.50. The predicted molar refractivity (Wildman–Crippen MR) is 73.8 cm³/mol. The lowest BCUT2D eigenvalue weighted by atomic mass is 9.76. The molecule has 0 radical (unpaired) electrons. The van der Waals surface area contributed by atoms with Crippen molar-refractivity contribution in [2.45, 2.75) is 64.0 Å². The lowest BCUT2D eigenvalue weighted by molar-refractivity contribution is 0.204. The fourth-order valence-corrected chi connectivity index (χ4v) is 4.25. The first-order valence-corrected chi connectivity index (χ1v) is 7.09. The summed E-state index contributed by atoms with van der Waals surface area (Å²) in [6.45, 7) is 6.64. The minimum atomic E-state index is 0.0183. The van der Waals surface area contributed by atoms with Crippen molar-refractivity contribution < 1.29 is 5.11 Å². The molecule has 1 saturated carbocycles. The zero-order valence-electron chi connectivity index (χ0n) is 11.6. The zero-order valence-corrected chi connectivity index (χ0v) is 11.6. The zero-order chi connectivity index (χ0) is 13.0. The van der Waals surface area contributed by atoms with Crippen molar-refractivity contribution in [2.75, 3.05) is 0 Å². The normalized spacial score (nSPS) is 24.2. The minimum Gasteiger partial charge on any atom is -0.508 e. The van der Waals surface area contributed by atoms with Gasteiger partial charge in [-0.2, -0.15) is 0 Å². The number of aromatic hydroxyl groups is 1. The molecule has 2 aliphatic rings. The van der Waals surface area contributed by atoms with Gasteiger partial charge in [0.05, 0.1) is 0 Å². The summed E-state index contributed by atoms with van der Waals surface area (Å²) in [5.41, 5.74) is 4.10. The minimum absolute atomic E-state index is 0.0183. The Morgan fingerprint density at radius 2 is 1.78 bits per heavy atom. The van der Waals surface area contributed by atoms with Crippen LogP contribution in [0.2, 0.25) is 0 Å². The fourth-order valence-electron chi connectivity index (χ4n) is 4.25. The van der Waals surface area contributed by atoms with Crippen LogP contribution in [-0.4, -0.2) is 5.11 Å². The summed E-state index contributed by atoms with van der Waals surface area (Å²) in [6, 6.07) is 3.89. The molecule has 0 amide bonds. The molecule has 0 bridgehead atoms. The van der Waals surface area contributed by atoms with E-state index in [2.05, 4.69) is 26.1 Å². The molecule has 1 aromatic rings. The van der Waals surface area contributed by atoms with Crippen LogP contribution in [0.25, 0.3) is 0 Å². The van der Waals surface area contributed by atoms with Gasteiger partial charge in [0.2, 0.25) is 0 Å². The van der Waals surface area contributed by atoms with Gasteiger partial charge in [0, 0.05) is 11.1 Å². The van der Waals surface area contributed by atoms with Crippen molar-refractivity contribution in [3.63, 3.8) is 0 Å². The third-order valence-electron chi connectivity index (χ3n) is 4.72. The summed E-state index contributed by atoms with van der Waals surface area (Å²) in [5.74, 6) is 0.413. The molecule has 0 saturated heterocycles. The molecular formula is C16H23NO. The molecule has 1 aliphatic heterocycles. The highest BCUT2D eigenvalue weighted by Crippen LogP contribution is 2.50. The number of hydrogen-bond acceptors (Lipinski definition) is 2. The van der Waals surface area contributed by atoms with E-state index in [1.54, 1.807) is 0 Å². The second kappa shape index (κ2) is 3.74.